The molecule has 0 unspecified atom stereocenters. The third-order valence-electron chi connectivity index (χ3n) is 1.74. The van der Waals surface area contributed by atoms with E-state index < -0.39 is 17.2 Å². The number of carbonyl (C=O) groups excluding carboxylic acids is 1. The highest BCUT2D eigenvalue weighted by Gasteiger charge is 2.17. The standard InChI is InChI=1S/C12H19O4/c1-7-12(5,6)16-14-9-8-10(13)15-11(2,3)4/h8-9H,7H2,1-3,5-6H3. The fourth-order valence-electron chi connectivity index (χ4n) is 0.586. The van der Waals surface area contributed by atoms with Crippen LogP contribution in [-0.2, 0) is 19.3 Å². The smallest absolute Gasteiger partial charge is 0.334 e. The summed E-state index contributed by atoms with van der Waals surface area (Å²) in [5.74, 6) is -0.641. The zero-order valence-corrected chi connectivity index (χ0v) is 10.5. The van der Waals surface area contributed by atoms with Gasteiger partial charge in [-0.2, -0.15) is 4.89 Å². The molecule has 4 heteroatoms. The molecule has 0 rings (SSSR count). The third kappa shape index (κ3) is 8.29. The maximum Gasteiger partial charge on any atom is 0.334 e. The van der Waals surface area contributed by atoms with E-state index in [2.05, 4.69) is 0 Å². The molecule has 0 aliphatic heterocycles. The quantitative estimate of drug-likeness (QED) is 0.230. The van der Waals surface area contributed by atoms with Gasteiger partial charge < -0.3 is 9.62 Å². The fraction of sp³-hybridized carbons (Fsp3) is 0.667. The van der Waals surface area contributed by atoms with E-state index in [1.54, 1.807) is 0 Å². The Hall–Kier alpha value is -1.03. The van der Waals surface area contributed by atoms with Crippen LogP contribution in [0, 0.1) is 6.92 Å². The molecule has 0 saturated carbocycles. The van der Waals surface area contributed by atoms with Crippen molar-refractivity contribution in [2.75, 3.05) is 0 Å². The fourth-order valence-corrected chi connectivity index (χ4v) is 0.586. The molecule has 0 aliphatic rings. The number of hydrogen-bond acceptors (Lipinski definition) is 4. The Balaban J connectivity index is 3.90. The van der Waals surface area contributed by atoms with Crippen LogP contribution in [0.3, 0.4) is 0 Å². The lowest BCUT2D eigenvalue weighted by Crippen LogP contribution is -2.23. The Bertz CT molecular complexity index is 248. The molecule has 0 N–H and O–H groups in total. The predicted molar refractivity (Wildman–Crippen MR) is 59.1 cm³/mol. The number of ether oxygens (including phenoxy) is 1. The molecule has 4 nitrogen and oxygen atoms in total. The lowest BCUT2D eigenvalue weighted by Gasteiger charge is -2.20. The number of rotatable bonds is 6. The maximum absolute atomic E-state index is 11.1. The van der Waals surface area contributed by atoms with Crippen molar-refractivity contribution >= 4 is 5.97 Å². The molecule has 0 aromatic heterocycles. The topological polar surface area (TPSA) is 44.8 Å². The van der Waals surface area contributed by atoms with Crippen molar-refractivity contribution in [3.63, 3.8) is 0 Å². The SMILES string of the molecule is [C]C(C)(C)OC(=O)C=COOC(C)(C)CC. The average molecular weight is 227 g/mol. The van der Waals surface area contributed by atoms with Gasteiger partial charge in [-0.05, 0) is 34.1 Å². The summed E-state index contributed by atoms with van der Waals surface area (Å²) in [6, 6.07) is 0. The molecule has 16 heavy (non-hydrogen) atoms. The van der Waals surface area contributed by atoms with Crippen LogP contribution in [0.2, 0.25) is 0 Å². The zero-order valence-electron chi connectivity index (χ0n) is 10.5. The second kappa shape index (κ2) is 5.89. The first-order valence-corrected chi connectivity index (χ1v) is 5.15. The van der Waals surface area contributed by atoms with Gasteiger partial charge in [0.05, 0.1) is 6.08 Å². The van der Waals surface area contributed by atoms with Crippen molar-refractivity contribution in [3.05, 3.63) is 19.3 Å². The zero-order chi connectivity index (χ0) is 12.8. The predicted octanol–water partition coefficient (Wildman–Crippen LogP) is 2.55. The van der Waals surface area contributed by atoms with Crippen LogP contribution < -0.4 is 0 Å². The van der Waals surface area contributed by atoms with Gasteiger partial charge in [-0.1, -0.05) is 6.92 Å². The molecule has 3 radical (unpaired) electrons. The lowest BCUT2D eigenvalue weighted by atomic mass is 10.1. The van der Waals surface area contributed by atoms with Crippen LogP contribution in [0.15, 0.2) is 12.3 Å². The second-order valence-electron chi connectivity index (χ2n) is 4.53. The second-order valence-corrected chi connectivity index (χ2v) is 4.53. The summed E-state index contributed by atoms with van der Waals surface area (Å²) in [6.07, 6.45) is 2.96. The van der Waals surface area contributed by atoms with Gasteiger partial charge >= 0.3 is 5.97 Å². The first-order chi connectivity index (χ1) is 7.16. The summed E-state index contributed by atoms with van der Waals surface area (Å²) in [5, 5.41) is 0. The molecule has 0 heterocycles. The number of esters is 1. The Kier molecular flexibility index (Phi) is 5.51. The first-order valence-electron chi connectivity index (χ1n) is 5.15. The van der Waals surface area contributed by atoms with Crippen molar-refractivity contribution in [1.29, 1.82) is 0 Å². The molecular weight excluding hydrogens is 208 g/mol. The summed E-state index contributed by atoms with van der Waals surface area (Å²) in [7, 11) is 0. The van der Waals surface area contributed by atoms with Gasteiger partial charge in [0, 0.05) is 6.92 Å². The van der Waals surface area contributed by atoms with E-state index in [1.165, 1.54) is 13.8 Å². The van der Waals surface area contributed by atoms with Crippen LogP contribution in [-0.4, -0.2) is 17.2 Å². The Morgan fingerprint density at radius 2 is 1.88 bits per heavy atom. The van der Waals surface area contributed by atoms with Crippen molar-refractivity contribution in [3.8, 4) is 0 Å². The summed E-state index contributed by atoms with van der Waals surface area (Å²) in [4.78, 5) is 20.8. The molecule has 0 amide bonds. The van der Waals surface area contributed by atoms with E-state index in [9.17, 15) is 4.79 Å². The summed E-state index contributed by atoms with van der Waals surface area (Å²) >= 11 is 0. The highest BCUT2D eigenvalue weighted by molar-refractivity contribution is 5.82. The summed E-state index contributed by atoms with van der Waals surface area (Å²) < 4.78 is 4.70. The molecule has 0 aliphatic carbocycles. The average Bonchev–Trinajstić information content (AvgIpc) is 2.10. The molecule has 0 fully saturated rings. The Morgan fingerprint density at radius 3 is 2.31 bits per heavy atom. The van der Waals surface area contributed by atoms with E-state index in [-0.39, 0.29) is 0 Å². The van der Waals surface area contributed by atoms with Crippen molar-refractivity contribution in [2.24, 2.45) is 0 Å². The van der Waals surface area contributed by atoms with Gasteiger partial charge in [0.15, 0.2) is 0 Å². The van der Waals surface area contributed by atoms with Gasteiger partial charge in [0.25, 0.3) is 0 Å². The van der Waals surface area contributed by atoms with Gasteiger partial charge in [-0.25, -0.2) is 4.79 Å². The minimum Gasteiger partial charge on any atom is -0.456 e. The Morgan fingerprint density at radius 1 is 1.31 bits per heavy atom. The van der Waals surface area contributed by atoms with Gasteiger partial charge in [0.1, 0.15) is 17.5 Å². The van der Waals surface area contributed by atoms with Gasteiger partial charge in [-0.15, -0.1) is 0 Å². The van der Waals surface area contributed by atoms with Crippen LogP contribution in [0.4, 0.5) is 0 Å². The number of hydrogen-bond donors (Lipinski definition) is 0. The highest BCUT2D eigenvalue weighted by atomic mass is 17.2. The lowest BCUT2D eigenvalue weighted by molar-refractivity contribution is -0.316. The highest BCUT2D eigenvalue weighted by Crippen LogP contribution is 2.13. The molecule has 0 saturated heterocycles. The number of carbonyl (C=O) groups is 1. The molecule has 0 bridgehead atoms. The molecule has 0 aromatic rings. The van der Waals surface area contributed by atoms with E-state index in [0.29, 0.717) is 0 Å². The third-order valence-corrected chi connectivity index (χ3v) is 1.74. The van der Waals surface area contributed by atoms with Crippen LogP contribution in [0.25, 0.3) is 0 Å². The molecule has 0 spiro atoms. The van der Waals surface area contributed by atoms with Crippen molar-refractivity contribution < 1.29 is 19.3 Å². The maximum atomic E-state index is 11.1. The minimum absolute atomic E-state index is 0.400. The van der Waals surface area contributed by atoms with E-state index in [0.717, 1.165) is 18.8 Å². The van der Waals surface area contributed by atoms with Crippen LogP contribution >= 0.6 is 0 Å². The van der Waals surface area contributed by atoms with Crippen LogP contribution in [0.1, 0.15) is 41.0 Å². The molecular formula is C12H19O4. The normalized spacial score (nSPS) is 12.9. The first kappa shape index (κ1) is 15.0. The monoisotopic (exact) mass is 227 g/mol. The van der Waals surface area contributed by atoms with Gasteiger partial charge in [0.2, 0.25) is 0 Å². The van der Waals surface area contributed by atoms with Gasteiger partial charge in [-0.3, -0.25) is 0 Å². The van der Waals surface area contributed by atoms with Crippen LogP contribution in [0.5, 0.6) is 0 Å². The van der Waals surface area contributed by atoms with Crippen molar-refractivity contribution in [2.45, 2.75) is 52.2 Å². The largest absolute Gasteiger partial charge is 0.456 e. The summed E-state index contributed by atoms with van der Waals surface area (Å²) in [6.45, 7) is 16.0. The minimum atomic E-state index is -1.25. The summed E-state index contributed by atoms with van der Waals surface area (Å²) in [5.41, 5.74) is -1.64. The van der Waals surface area contributed by atoms with E-state index in [1.807, 2.05) is 20.8 Å². The molecule has 0 aromatic carbocycles. The Labute approximate surface area is 97.5 Å². The molecule has 91 valence electrons. The van der Waals surface area contributed by atoms with E-state index >= 15 is 0 Å². The molecule has 0 atom stereocenters. The van der Waals surface area contributed by atoms with Crippen molar-refractivity contribution in [1.82, 2.24) is 0 Å². The van der Waals surface area contributed by atoms with E-state index in [4.69, 9.17) is 21.4 Å².